The first kappa shape index (κ1) is 29.8. The molecule has 0 bridgehead atoms. The minimum Gasteiger partial charge on any atom is -0.481 e. The maximum Gasteiger partial charge on any atom is 0.306 e. The van der Waals surface area contributed by atoms with Crippen LogP contribution in [0.1, 0.15) is 96.8 Å². The number of carboxylic acid groups (broad SMARTS) is 1. The molecular formula is C25H48NO5+. The van der Waals surface area contributed by atoms with Crippen molar-refractivity contribution in [3.05, 3.63) is 12.2 Å². The summed E-state index contributed by atoms with van der Waals surface area (Å²) in [5, 5.41) is 29.9. The molecule has 0 saturated carbocycles. The van der Waals surface area contributed by atoms with E-state index < -0.39 is 29.9 Å². The highest BCUT2D eigenvalue weighted by Gasteiger charge is 2.43. The number of aliphatic hydroxyl groups is 2. The van der Waals surface area contributed by atoms with Crippen molar-refractivity contribution in [2.75, 3.05) is 27.7 Å². The van der Waals surface area contributed by atoms with Crippen LogP contribution in [0.2, 0.25) is 0 Å². The summed E-state index contributed by atoms with van der Waals surface area (Å²) in [5.74, 6) is -1.81. The van der Waals surface area contributed by atoms with Crippen molar-refractivity contribution >= 4 is 11.8 Å². The van der Waals surface area contributed by atoms with Crippen LogP contribution in [0.15, 0.2) is 12.2 Å². The highest BCUT2D eigenvalue weighted by molar-refractivity contribution is 5.91. The Hall–Kier alpha value is -1.24. The van der Waals surface area contributed by atoms with Crippen molar-refractivity contribution in [1.29, 1.82) is 0 Å². The zero-order valence-electron chi connectivity index (χ0n) is 20.4. The number of ketones is 1. The van der Waals surface area contributed by atoms with E-state index in [0.717, 1.165) is 32.1 Å². The first-order valence-corrected chi connectivity index (χ1v) is 12.1. The molecule has 0 radical (unpaired) electrons. The van der Waals surface area contributed by atoms with Gasteiger partial charge >= 0.3 is 5.97 Å². The first-order valence-electron chi connectivity index (χ1n) is 12.1. The molecule has 2 unspecified atom stereocenters. The molecular weight excluding hydrogens is 394 g/mol. The monoisotopic (exact) mass is 442 g/mol. The van der Waals surface area contributed by atoms with Crippen molar-refractivity contribution in [2.45, 2.75) is 109 Å². The molecule has 0 saturated heterocycles. The molecule has 0 fully saturated rings. The lowest BCUT2D eigenvalue weighted by atomic mass is 9.88. The number of unbranched alkanes of at least 4 members (excludes halogenated alkanes) is 9. The molecule has 0 aliphatic carbocycles. The number of hydrogen-bond acceptors (Lipinski definition) is 4. The van der Waals surface area contributed by atoms with Crippen LogP contribution in [0, 0.1) is 0 Å². The molecule has 3 N–H and O–H groups in total. The highest BCUT2D eigenvalue weighted by Crippen LogP contribution is 2.20. The lowest BCUT2D eigenvalue weighted by Gasteiger charge is -2.34. The number of likely N-dealkylation sites (N-methyl/N-ethyl adjacent to an activating group) is 1. The minimum atomic E-state index is -1.95. The van der Waals surface area contributed by atoms with Crippen molar-refractivity contribution in [1.82, 2.24) is 0 Å². The molecule has 182 valence electrons. The van der Waals surface area contributed by atoms with Gasteiger partial charge in [0.2, 0.25) is 0 Å². The number of hydrogen-bond donors (Lipinski definition) is 3. The smallest absolute Gasteiger partial charge is 0.306 e. The van der Waals surface area contributed by atoms with Gasteiger partial charge in [0.15, 0.2) is 11.4 Å². The largest absolute Gasteiger partial charge is 0.481 e. The van der Waals surface area contributed by atoms with Gasteiger partial charge in [0, 0.05) is 6.42 Å². The molecule has 0 aromatic carbocycles. The van der Waals surface area contributed by atoms with Gasteiger partial charge in [0.1, 0.15) is 6.54 Å². The van der Waals surface area contributed by atoms with Gasteiger partial charge in [0.25, 0.3) is 0 Å². The van der Waals surface area contributed by atoms with E-state index in [9.17, 15) is 19.8 Å². The van der Waals surface area contributed by atoms with Crippen molar-refractivity contribution in [3.63, 3.8) is 0 Å². The van der Waals surface area contributed by atoms with Gasteiger partial charge in [0.05, 0.1) is 33.7 Å². The Morgan fingerprint density at radius 3 is 1.94 bits per heavy atom. The topological polar surface area (TPSA) is 94.8 Å². The summed E-state index contributed by atoms with van der Waals surface area (Å²) in [7, 11) is 5.37. The molecule has 6 heteroatoms. The Kier molecular flexibility index (Phi) is 15.7. The predicted molar refractivity (Wildman–Crippen MR) is 126 cm³/mol. The number of carbonyl (C=O) groups is 2. The molecule has 0 amide bonds. The Morgan fingerprint density at radius 1 is 0.903 bits per heavy atom. The number of carbonyl (C=O) groups excluding carboxylic acids is 1. The molecule has 0 aromatic heterocycles. The maximum atomic E-state index is 12.5. The van der Waals surface area contributed by atoms with Crippen molar-refractivity contribution in [3.8, 4) is 0 Å². The number of quaternary nitrogens is 1. The third kappa shape index (κ3) is 17.0. The Labute approximate surface area is 189 Å². The van der Waals surface area contributed by atoms with E-state index in [4.69, 9.17) is 5.11 Å². The molecule has 0 spiro atoms. The fourth-order valence-corrected chi connectivity index (χ4v) is 3.88. The Bertz CT molecular complexity index is 526. The summed E-state index contributed by atoms with van der Waals surface area (Å²) in [4.78, 5) is 23.6. The zero-order chi connectivity index (χ0) is 23.8. The second-order valence-electron chi connectivity index (χ2n) is 10.00. The quantitative estimate of drug-likeness (QED) is 0.147. The molecule has 31 heavy (non-hydrogen) atoms. The van der Waals surface area contributed by atoms with Crippen LogP contribution < -0.4 is 0 Å². The average Bonchev–Trinajstić information content (AvgIpc) is 2.63. The van der Waals surface area contributed by atoms with Gasteiger partial charge in [-0.2, -0.15) is 0 Å². The molecule has 0 aliphatic rings. The van der Waals surface area contributed by atoms with Crippen LogP contribution >= 0.6 is 0 Å². The van der Waals surface area contributed by atoms with Gasteiger partial charge in [-0.3, -0.25) is 9.59 Å². The second kappa shape index (κ2) is 16.4. The summed E-state index contributed by atoms with van der Waals surface area (Å²) >= 11 is 0. The highest BCUT2D eigenvalue weighted by atomic mass is 16.4. The summed E-state index contributed by atoms with van der Waals surface area (Å²) in [6.07, 6.45) is 16.2. The molecule has 0 heterocycles. The fourth-order valence-electron chi connectivity index (χ4n) is 3.88. The number of rotatable bonds is 20. The van der Waals surface area contributed by atoms with E-state index >= 15 is 0 Å². The first-order chi connectivity index (χ1) is 14.5. The van der Waals surface area contributed by atoms with Gasteiger partial charge in [-0.05, 0) is 32.1 Å². The molecule has 6 nitrogen and oxygen atoms in total. The molecule has 0 aromatic rings. The van der Waals surface area contributed by atoms with E-state index in [-0.39, 0.29) is 17.4 Å². The van der Waals surface area contributed by atoms with Crippen molar-refractivity contribution < 1.29 is 29.4 Å². The maximum absolute atomic E-state index is 12.5. The third-order valence-corrected chi connectivity index (χ3v) is 5.42. The zero-order valence-corrected chi connectivity index (χ0v) is 20.4. The van der Waals surface area contributed by atoms with Crippen LogP contribution in [0.4, 0.5) is 0 Å². The molecule has 0 rings (SSSR count). The number of aliphatic carboxylic acids is 1. The average molecular weight is 443 g/mol. The van der Waals surface area contributed by atoms with Crippen molar-refractivity contribution in [2.24, 2.45) is 0 Å². The van der Waals surface area contributed by atoms with E-state index in [1.54, 1.807) is 21.1 Å². The standard InChI is InChI=1S/C25H47NO5/c1-5-6-7-8-9-10-11-12-13-14-15-16-17-18-22(27)19-23(28)25(31,20-24(29)30)21-26(2,3)4/h12-13,22,27,31H,5-11,14-21H2,1-4H3/p+1/b13-12-. The normalized spacial score (nSPS) is 15.2. The summed E-state index contributed by atoms with van der Waals surface area (Å²) in [5.41, 5.74) is -1.95. The summed E-state index contributed by atoms with van der Waals surface area (Å²) in [6.45, 7) is 2.23. The number of allylic oxidation sites excluding steroid dienone is 2. The molecule has 0 aliphatic heterocycles. The lowest BCUT2D eigenvalue weighted by molar-refractivity contribution is -0.875. The van der Waals surface area contributed by atoms with Gasteiger partial charge in [-0.25, -0.2) is 0 Å². The summed E-state index contributed by atoms with van der Waals surface area (Å²) < 4.78 is 0.262. The second-order valence-corrected chi connectivity index (χ2v) is 10.00. The van der Waals surface area contributed by atoms with Crippen LogP contribution in [0.5, 0.6) is 0 Å². The van der Waals surface area contributed by atoms with E-state index in [0.29, 0.717) is 6.42 Å². The van der Waals surface area contributed by atoms with Gasteiger partial charge in [-0.1, -0.05) is 64.0 Å². The van der Waals surface area contributed by atoms with E-state index in [1.807, 2.05) is 0 Å². The van der Waals surface area contributed by atoms with Crippen LogP contribution in [0.3, 0.4) is 0 Å². The van der Waals surface area contributed by atoms with Crippen LogP contribution in [-0.2, 0) is 9.59 Å². The third-order valence-electron chi connectivity index (χ3n) is 5.42. The number of carboxylic acids is 1. The SMILES string of the molecule is CCCCCCCC/C=C\CCCCCC(O)CC(=O)C(O)(CC(=O)O)C[N+](C)(C)C. The number of aliphatic hydroxyl groups excluding tert-OH is 1. The number of Topliss-reactive ketones (excluding diaryl/α,β-unsaturated/α-hetero) is 1. The van der Waals surface area contributed by atoms with Gasteiger partial charge < -0.3 is 19.8 Å². The minimum absolute atomic E-state index is 0.00404. The van der Waals surface area contributed by atoms with Crippen LogP contribution in [0.25, 0.3) is 0 Å². The fraction of sp³-hybridized carbons (Fsp3) is 0.840. The predicted octanol–water partition coefficient (Wildman–Crippen LogP) is 4.48. The van der Waals surface area contributed by atoms with E-state index in [2.05, 4.69) is 19.1 Å². The Morgan fingerprint density at radius 2 is 1.42 bits per heavy atom. The van der Waals surface area contributed by atoms with E-state index in [1.165, 1.54) is 38.5 Å². The lowest BCUT2D eigenvalue weighted by Crippen LogP contribution is -2.55. The van der Waals surface area contributed by atoms with Gasteiger partial charge in [-0.15, -0.1) is 0 Å². The van der Waals surface area contributed by atoms with Crippen LogP contribution in [-0.4, -0.2) is 70.9 Å². The summed E-state index contributed by atoms with van der Waals surface area (Å²) in [6, 6.07) is 0. The molecule has 2 atom stereocenters. The Balaban J connectivity index is 4.03. The number of nitrogens with zero attached hydrogens (tertiary/aromatic N) is 1.